The molecule has 0 saturated carbocycles. The lowest BCUT2D eigenvalue weighted by Gasteiger charge is -2.06. The lowest BCUT2D eigenvalue weighted by atomic mass is 10.2. The third-order valence-electron chi connectivity index (χ3n) is 5.07. The molecule has 3 N–H and O–H groups in total. The minimum atomic E-state index is -0.420. The summed E-state index contributed by atoms with van der Waals surface area (Å²) in [4.78, 5) is 45.7. The Morgan fingerprint density at radius 2 is 1.94 bits per heavy atom. The first-order valence-electron chi connectivity index (χ1n) is 10.3. The highest BCUT2D eigenvalue weighted by Crippen LogP contribution is 2.25. The fraction of sp³-hybridized carbons (Fsp3) is 0.125. The number of aryl methyl sites for hydroxylation is 2. The number of aromatic nitrogens is 2. The summed E-state index contributed by atoms with van der Waals surface area (Å²) in [5.41, 5.74) is 4.81. The maximum Gasteiger partial charge on any atom is 0.259 e. The number of hydrogen-bond donors (Lipinski definition) is 3. The van der Waals surface area contributed by atoms with Crippen molar-refractivity contribution in [2.75, 3.05) is 5.32 Å². The van der Waals surface area contributed by atoms with Crippen LogP contribution >= 0.6 is 22.9 Å². The van der Waals surface area contributed by atoms with Crippen molar-refractivity contribution in [1.29, 1.82) is 0 Å². The predicted octanol–water partition coefficient (Wildman–Crippen LogP) is 4.20. The van der Waals surface area contributed by atoms with Gasteiger partial charge >= 0.3 is 0 Å². The van der Waals surface area contributed by atoms with Crippen LogP contribution in [0.1, 0.15) is 32.2 Å². The van der Waals surface area contributed by atoms with Gasteiger partial charge in [-0.1, -0.05) is 23.7 Å². The largest absolute Gasteiger partial charge is 0.322 e. The monoisotopic (exact) mass is 493 g/mol. The van der Waals surface area contributed by atoms with Crippen LogP contribution in [0, 0.1) is 13.8 Å². The SMILES string of the molecule is Cc1sc2nc(CC(=O)N/N=C/c3cccc(NC(=O)c4ccc(Cl)cc4)c3)[nH]c(=O)c2c1C. The van der Waals surface area contributed by atoms with E-state index in [0.717, 1.165) is 10.4 Å². The normalized spacial score (nSPS) is 11.1. The molecule has 4 aromatic rings. The van der Waals surface area contributed by atoms with Gasteiger partial charge in [0, 0.05) is 21.2 Å². The van der Waals surface area contributed by atoms with Gasteiger partial charge in [-0.3, -0.25) is 14.4 Å². The van der Waals surface area contributed by atoms with Crippen LogP contribution in [0.3, 0.4) is 0 Å². The summed E-state index contributed by atoms with van der Waals surface area (Å²) in [5, 5.41) is 7.88. The molecule has 2 aromatic carbocycles. The Labute approximate surface area is 203 Å². The quantitative estimate of drug-likeness (QED) is 0.275. The van der Waals surface area contributed by atoms with Crippen molar-refractivity contribution in [2.45, 2.75) is 20.3 Å². The summed E-state index contributed by atoms with van der Waals surface area (Å²) in [6, 6.07) is 13.6. The minimum absolute atomic E-state index is 0.115. The van der Waals surface area contributed by atoms with Crippen LogP contribution in [0.5, 0.6) is 0 Å². The molecule has 2 amide bonds. The number of nitrogens with zero attached hydrogens (tertiary/aromatic N) is 2. The van der Waals surface area contributed by atoms with E-state index in [1.807, 2.05) is 13.8 Å². The number of halogens is 1. The molecule has 0 aliphatic heterocycles. The van der Waals surface area contributed by atoms with E-state index in [2.05, 4.69) is 25.8 Å². The van der Waals surface area contributed by atoms with Gasteiger partial charge in [0.2, 0.25) is 5.91 Å². The van der Waals surface area contributed by atoms with Gasteiger partial charge in [-0.05, 0) is 61.4 Å². The number of hydrogen-bond acceptors (Lipinski definition) is 6. The number of fused-ring (bicyclic) bond motifs is 1. The number of rotatable bonds is 6. The average Bonchev–Trinajstić information content (AvgIpc) is 3.08. The van der Waals surface area contributed by atoms with Crippen molar-refractivity contribution in [3.63, 3.8) is 0 Å². The second kappa shape index (κ2) is 9.98. The fourth-order valence-corrected chi connectivity index (χ4v) is 4.43. The van der Waals surface area contributed by atoms with Crippen molar-refractivity contribution in [3.8, 4) is 0 Å². The Hall–Kier alpha value is -3.82. The first kappa shape index (κ1) is 23.3. The molecule has 2 heterocycles. The number of nitrogens with one attached hydrogen (secondary N) is 3. The summed E-state index contributed by atoms with van der Waals surface area (Å²) >= 11 is 7.28. The maximum absolute atomic E-state index is 12.4. The van der Waals surface area contributed by atoms with E-state index < -0.39 is 5.91 Å². The zero-order chi connectivity index (χ0) is 24.2. The number of thiophene rings is 1. The molecule has 0 bridgehead atoms. The molecule has 10 heteroatoms. The second-order valence-electron chi connectivity index (χ2n) is 7.53. The van der Waals surface area contributed by atoms with Crippen molar-refractivity contribution in [2.24, 2.45) is 5.10 Å². The number of anilines is 1. The molecule has 0 unspecified atom stereocenters. The van der Waals surface area contributed by atoms with E-state index in [0.29, 0.717) is 32.1 Å². The Morgan fingerprint density at radius 1 is 1.18 bits per heavy atom. The van der Waals surface area contributed by atoms with Crippen LogP contribution in [0.25, 0.3) is 10.2 Å². The Bertz CT molecular complexity index is 1470. The van der Waals surface area contributed by atoms with E-state index in [-0.39, 0.29) is 23.7 Å². The molecule has 0 fully saturated rings. The molecule has 0 aliphatic rings. The van der Waals surface area contributed by atoms with Gasteiger partial charge in [0.25, 0.3) is 11.5 Å². The van der Waals surface area contributed by atoms with Crippen LogP contribution in [0.15, 0.2) is 58.4 Å². The molecule has 0 aliphatic carbocycles. The molecule has 172 valence electrons. The number of hydrazone groups is 1. The van der Waals surface area contributed by atoms with Crippen molar-refractivity contribution in [1.82, 2.24) is 15.4 Å². The van der Waals surface area contributed by atoms with Gasteiger partial charge in [-0.2, -0.15) is 5.10 Å². The van der Waals surface area contributed by atoms with E-state index in [1.54, 1.807) is 48.5 Å². The average molecular weight is 494 g/mol. The van der Waals surface area contributed by atoms with E-state index in [1.165, 1.54) is 17.6 Å². The highest BCUT2D eigenvalue weighted by atomic mass is 35.5. The highest BCUT2D eigenvalue weighted by molar-refractivity contribution is 7.18. The molecule has 4 rings (SSSR count). The summed E-state index contributed by atoms with van der Waals surface area (Å²) in [7, 11) is 0. The summed E-state index contributed by atoms with van der Waals surface area (Å²) < 4.78 is 0. The number of carbonyl (C=O) groups excluding carboxylic acids is 2. The molecular weight excluding hydrogens is 474 g/mol. The standard InChI is InChI=1S/C24H20ClN5O3S/c1-13-14(2)34-24-21(13)23(33)28-19(29-24)11-20(31)30-26-12-15-4-3-5-18(10-15)27-22(32)16-6-8-17(25)9-7-16/h3-10,12H,11H2,1-2H3,(H,27,32)(H,30,31)(H,28,29,33)/b26-12+. The number of benzene rings is 2. The first-order valence-corrected chi connectivity index (χ1v) is 11.5. The zero-order valence-corrected chi connectivity index (χ0v) is 19.9. The number of aromatic amines is 1. The van der Waals surface area contributed by atoms with Gasteiger partial charge < -0.3 is 10.3 Å². The van der Waals surface area contributed by atoms with Gasteiger partial charge in [0.15, 0.2) is 0 Å². The number of H-pyrrole nitrogens is 1. The molecule has 8 nitrogen and oxygen atoms in total. The lowest BCUT2D eigenvalue weighted by Crippen LogP contribution is -2.23. The van der Waals surface area contributed by atoms with E-state index >= 15 is 0 Å². The molecule has 0 saturated heterocycles. The Kier molecular flexibility index (Phi) is 6.85. The molecule has 2 aromatic heterocycles. The maximum atomic E-state index is 12.4. The molecule has 0 radical (unpaired) electrons. The van der Waals surface area contributed by atoms with Gasteiger partial charge in [0.05, 0.1) is 18.0 Å². The summed E-state index contributed by atoms with van der Waals surface area (Å²) in [6.45, 7) is 3.81. The predicted molar refractivity (Wildman–Crippen MR) is 135 cm³/mol. The summed E-state index contributed by atoms with van der Waals surface area (Å²) in [6.07, 6.45) is 1.34. The third kappa shape index (κ3) is 5.38. The van der Waals surface area contributed by atoms with E-state index in [4.69, 9.17) is 11.6 Å². The molecule has 0 atom stereocenters. The van der Waals surface area contributed by atoms with Crippen LogP contribution in [-0.2, 0) is 11.2 Å². The smallest absolute Gasteiger partial charge is 0.259 e. The fourth-order valence-electron chi connectivity index (χ4n) is 3.25. The van der Waals surface area contributed by atoms with Gasteiger partial charge in [-0.25, -0.2) is 10.4 Å². The van der Waals surface area contributed by atoms with Crippen LogP contribution in [0.4, 0.5) is 5.69 Å². The Morgan fingerprint density at radius 3 is 2.71 bits per heavy atom. The summed E-state index contributed by atoms with van der Waals surface area (Å²) in [5.74, 6) is -0.414. The molecular formula is C24H20ClN5O3S. The van der Waals surface area contributed by atoms with Crippen molar-refractivity contribution in [3.05, 3.63) is 91.3 Å². The minimum Gasteiger partial charge on any atom is -0.322 e. The number of carbonyl (C=O) groups is 2. The first-order chi connectivity index (χ1) is 16.3. The van der Waals surface area contributed by atoms with Gasteiger partial charge in [-0.15, -0.1) is 11.3 Å². The molecule has 0 spiro atoms. The zero-order valence-electron chi connectivity index (χ0n) is 18.3. The van der Waals surface area contributed by atoms with Crippen LogP contribution < -0.4 is 16.3 Å². The topological polar surface area (TPSA) is 116 Å². The van der Waals surface area contributed by atoms with Crippen LogP contribution in [-0.4, -0.2) is 28.0 Å². The number of amides is 2. The van der Waals surface area contributed by atoms with E-state index in [9.17, 15) is 14.4 Å². The molecule has 34 heavy (non-hydrogen) atoms. The van der Waals surface area contributed by atoms with Crippen LogP contribution in [0.2, 0.25) is 5.02 Å². The highest BCUT2D eigenvalue weighted by Gasteiger charge is 2.13. The van der Waals surface area contributed by atoms with Crippen molar-refractivity contribution < 1.29 is 9.59 Å². The van der Waals surface area contributed by atoms with Gasteiger partial charge in [0.1, 0.15) is 10.7 Å². The van der Waals surface area contributed by atoms with Crippen molar-refractivity contribution >= 4 is 56.9 Å². The Balaban J connectivity index is 1.37. The lowest BCUT2D eigenvalue weighted by molar-refractivity contribution is -0.120. The second-order valence-corrected chi connectivity index (χ2v) is 9.17. The third-order valence-corrected chi connectivity index (χ3v) is 6.42.